The quantitative estimate of drug-likeness (QED) is 0.823. The topological polar surface area (TPSA) is 64.4 Å². The van der Waals surface area contributed by atoms with Crippen molar-refractivity contribution in [3.8, 4) is 0 Å². The zero-order valence-corrected chi connectivity index (χ0v) is 10.5. The Balaban J connectivity index is 1.74. The molecule has 2 rings (SSSR count). The lowest BCUT2D eigenvalue weighted by atomic mass is 10.0. The minimum absolute atomic E-state index is 0.111. The Morgan fingerprint density at radius 1 is 1.44 bits per heavy atom. The predicted octanol–water partition coefficient (Wildman–Crippen LogP) is 1.23. The van der Waals surface area contributed by atoms with Crippen molar-refractivity contribution >= 4 is 5.91 Å². The van der Waals surface area contributed by atoms with Crippen molar-refractivity contribution in [1.82, 2.24) is 5.32 Å². The van der Waals surface area contributed by atoms with Crippen molar-refractivity contribution in [3.05, 3.63) is 35.9 Å². The van der Waals surface area contributed by atoms with Gasteiger partial charge >= 0.3 is 0 Å². The van der Waals surface area contributed by atoms with Crippen LogP contribution in [0.5, 0.6) is 0 Å². The number of amides is 1. The smallest absolute Gasteiger partial charge is 0.241 e. The van der Waals surface area contributed by atoms with Gasteiger partial charge in [0.15, 0.2) is 0 Å². The maximum atomic E-state index is 11.8. The van der Waals surface area contributed by atoms with Gasteiger partial charge in [0.05, 0.1) is 0 Å². The third kappa shape index (κ3) is 3.55. The standard InChI is InChI=1S/C14H20N2O2/c15-13(12-4-2-1-3-5-12)14(17)16-8-6-11-7-9-18-10-11/h1-5,11,13H,6-10,15H2,(H,16,17). The lowest BCUT2D eigenvalue weighted by Crippen LogP contribution is -2.35. The van der Waals surface area contributed by atoms with E-state index in [2.05, 4.69) is 5.32 Å². The number of hydrogen-bond acceptors (Lipinski definition) is 3. The van der Waals surface area contributed by atoms with Crippen LogP contribution in [0.2, 0.25) is 0 Å². The largest absolute Gasteiger partial charge is 0.381 e. The van der Waals surface area contributed by atoms with E-state index in [0.717, 1.165) is 31.6 Å². The van der Waals surface area contributed by atoms with Crippen molar-refractivity contribution < 1.29 is 9.53 Å². The Kier molecular flexibility index (Phi) is 4.73. The number of benzene rings is 1. The van der Waals surface area contributed by atoms with Gasteiger partial charge in [0.1, 0.15) is 6.04 Å². The van der Waals surface area contributed by atoms with E-state index in [4.69, 9.17) is 10.5 Å². The summed E-state index contributed by atoms with van der Waals surface area (Å²) >= 11 is 0. The number of ether oxygens (including phenoxy) is 1. The molecule has 0 spiro atoms. The number of hydrogen-bond donors (Lipinski definition) is 2. The van der Waals surface area contributed by atoms with Crippen molar-refractivity contribution in [1.29, 1.82) is 0 Å². The van der Waals surface area contributed by atoms with E-state index >= 15 is 0 Å². The second kappa shape index (κ2) is 6.52. The summed E-state index contributed by atoms with van der Waals surface area (Å²) in [5.74, 6) is 0.471. The second-order valence-electron chi connectivity index (χ2n) is 4.70. The molecule has 4 heteroatoms. The Labute approximate surface area is 108 Å². The van der Waals surface area contributed by atoms with E-state index in [9.17, 15) is 4.79 Å². The summed E-state index contributed by atoms with van der Waals surface area (Å²) in [5.41, 5.74) is 6.74. The van der Waals surface area contributed by atoms with E-state index in [1.165, 1.54) is 0 Å². The fraction of sp³-hybridized carbons (Fsp3) is 0.500. The van der Waals surface area contributed by atoms with Gasteiger partial charge in [0, 0.05) is 19.8 Å². The van der Waals surface area contributed by atoms with Crippen LogP contribution in [0, 0.1) is 5.92 Å². The Hall–Kier alpha value is -1.39. The molecule has 0 bridgehead atoms. The molecule has 18 heavy (non-hydrogen) atoms. The van der Waals surface area contributed by atoms with E-state index in [-0.39, 0.29) is 5.91 Å². The first kappa shape index (κ1) is 13.1. The molecule has 98 valence electrons. The number of carbonyl (C=O) groups is 1. The molecule has 1 amide bonds. The highest BCUT2D eigenvalue weighted by atomic mass is 16.5. The zero-order valence-electron chi connectivity index (χ0n) is 10.5. The molecule has 0 aliphatic carbocycles. The molecule has 1 saturated heterocycles. The molecule has 2 unspecified atom stereocenters. The summed E-state index contributed by atoms with van der Waals surface area (Å²) in [6.45, 7) is 2.34. The van der Waals surface area contributed by atoms with Gasteiger partial charge in [-0.15, -0.1) is 0 Å². The average molecular weight is 248 g/mol. The minimum atomic E-state index is -0.578. The summed E-state index contributed by atoms with van der Waals surface area (Å²) in [6.07, 6.45) is 2.06. The van der Waals surface area contributed by atoms with Crippen molar-refractivity contribution in [2.24, 2.45) is 11.7 Å². The van der Waals surface area contributed by atoms with Gasteiger partial charge in [-0.1, -0.05) is 30.3 Å². The SMILES string of the molecule is NC(C(=O)NCCC1CCOC1)c1ccccc1. The summed E-state index contributed by atoms with van der Waals surface area (Å²) in [7, 11) is 0. The molecule has 1 aromatic carbocycles. The summed E-state index contributed by atoms with van der Waals surface area (Å²) < 4.78 is 5.29. The highest BCUT2D eigenvalue weighted by Crippen LogP contribution is 2.15. The molecule has 1 aromatic rings. The zero-order chi connectivity index (χ0) is 12.8. The van der Waals surface area contributed by atoms with Crippen molar-refractivity contribution in [2.45, 2.75) is 18.9 Å². The van der Waals surface area contributed by atoms with Crippen LogP contribution >= 0.6 is 0 Å². The predicted molar refractivity (Wildman–Crippen MR) is 69.9 cm³/mol. The van der Waals surface area contributed by atoms with Crippen LogP contribution in [0.1, 0.15) is 24.4 Å². The first-order valence-corrected chi connectivity index (χ1v) is 6.43. The monoisotopic (exact) mass is 248 g/mol. The normalized spacial score (nSPS) is 20.6. The molecule has 3 N–H and O–H groups in total. The van der Waals surface area contributed by atoms with E-state index < -0.39 is 6.04 Å². The summed E-state index contributed by atoms with van der Waals surface area (Å²) in [6, 6.07) is 8.85. The van der Waals surface area contributed by atoms with E-state index in [0.29, 0.717) is 12.5 Å². The van der Waals surface area contributed by atoms with Gasteiger partial charge < -0.3 is 15.8 Å². The highest BCUT2D eigenvalue weighted by molar-refractivity contribution is 5.82. The van der Waals surface area contributed by atoms with Crippen molar-refractivity contribution in [2.75, 3.05) is 19.8 Å². The van der Waals surface area contributed by atoms with Crippen LogP contribution in [0.4, 0.5) is 0 Å². The van der Waals surface area contributed by atoms with Crippen LogP contribution in [-0.4, -0.2) is 25.7 Å². The third-order valence-electron chi connectivity index (χ3n) is 3.32. The second-order valence-corrected chi connectivity index (χ2v) is 4.70. The molecular formula is C14H20N2O2. The molecule has 4 nitrogen and oxygen atoms in total. The first-order chi connectivity index (χ1) is 8.77. The number of nitrogens with one attached hydrogen (secondary N) is 1. The number of rotatable bonds is 5. The number of nitrogens with two attached hydrogens (primary N) is 1. The number of carbonyl (C=O) groups excluding carboxylic acids is 1. The fourth-order valence-electron chi connectivity index (χ4n) is 2.13. The average Bonchev–Trinajstić information content (AvgIpc) is 2.92. The highest BCUT2D eigenvalue weighted by Gasteiger charge is 2.17. The Bertz CT molecular complexity index is 375. The Morgan fingerprint density at radius 3 is 2.89 bits per heavy atom. The third-order valence-corrected chi connectivity index (χ3v) is 3.32. The first-order valence-electron chi connectivity index (χ1n) is 6.43. The summed E-state index contributed by atoms with van der Waals surface area (Å²) in [4.78, 5) is 11.8. The molecule has 2 atom stereocenters. The maximum absolute atomic E-state index is 11.8. The van der Waals surface area contributed by atoms with Gasteiger partial charge in [-0.2, -0.15) is 0 Å². The fourth-order valence-corrected chi connectivity index (χ4v) is 2.13. The minimum Gasteiger partial charge on any atom is -0.381 e. The van der Waals surface area contributed by atoms with E-state index in [1.807, 2.05) is 30.3 Å². The molecule has 1 heterocycles. The summed E-state index contributed by atoms with van der Waals surface area (Å²) in [5, 5.41) is 2.89. The molecule has 0 radical (unpaired) electrons. The molecule has 1 aliphatic rings. The maximum Gasteiger partial charge on any atom is 0.241 e. The Morgan fingerprint density at radius 2 is 2.22 bits per heavy atom. The van der Waals surface area contributed by atoms with Crippen LogP contribution in [0.3, 0.4) is 0 Å². The van der Waals surface area contributed by atoms with Gasteiger partial charge in [-0.25, -0.2) is 0 Å². The van der Waals surface area contributed by atoms with Gasteiger partial charge in [-0.05, 0) is 24.3 Å². The van der Waals surface area contributed by atoms with Crippen molar-refractivity contribution in [3.63, 3.8) is 0 Å². The molecule has 0 saturated carbocycles. The van der Waals surface area contributed by atoms with Crippen LogP contribution in [-0.2, 0) is 9.53 Å². The van der Waals surface area contributed by atoms with E-state index in [1.54, 1.807) is 0 Å². The lowest BCUT2D eigenvalue weighted by Gasteiger charge is -2.13. The van der Waals surface area contributed by atoms with Gasteiger partial charge in [0.2, 0.25) is 5.91 Å². The molecule has 1 fully saturated rings. The molecule has 0 aromatic heterocycles. The van der Waals surface area contributed by atoms with Crippen LogP contribution in [0.25, 0.3) is 0 Å². The van der Waals surface area contributed by atoms with Crippen LogP contribution in [0.15, 0.2) is 30.3 Å². The van der Waals surface area contributed by atoms with Crippen LogP contribution < -0.4 is 11.1 Å². The molecule has 1 aliphatic heterocycles. The lowest BCUT2D eigenvalue weighted by molar-refractivity contribution is -0.122. The van der Waals surface area contributed by atoms with Gasteiger partial charge in [-0.3, -0.25) is 4.79 Å². The molecular weight excluding hydrogens is 228 g/mol. The van der Waals surface area contributed by atoms with Gasteiger partial charge in [0.25, 0.3) is 0 Å².